The zero-order valence-electron chi connectivity index (χ0n) is 14.6. The van der Waals surface area contributed by atoms with Crippen LogP contribution in [-0.2, 0) is 4.74 Å². The summed E-state index contributed by atoms with van der Waals surface area (Å²) in [6.07, 6.45) is 12.2. The SMILES string of the molecule is CCC1=C(C)CC(CCCCCCOC(C)(C)C)CC1. The van der Waals surface area contributed by atoms with Gasteiger partial charge in [-0.25, -0.2) is 0 Å². The minimum Gasteiger partial charge on any atom is -0.376 e. The van der Waals surface area contributed by atoms with Crippen LogP contribution in [0.3, 0.4) is 0 Å². The van der Waals surface area contributed by atoms with Gasteiger partial charge in [-0.05, 0) is 65.7 Å². The Morgan fingerprint density at radius 3 is 2.40 bits per heavy atom. The fraction of sp³-hybridized carbons (Fsp3) is 0.895. The molecular formula is C19H36O. The number of ether oxygens (including phenoxy) is 1. The average molecular weight is 280 g/mol. The van der Waals surface area contributed by atoms with E-state index in [4.69, 9.17) is 4.74 Å². The van der Waals surface area contributed by atoms with E-state index in [9.17, 15) is 0 Å². The molecule has 0 heterocycles. The van der Waals surface area contributed by atoms with Crippen LogP contribution >= 0.6 is 0 Å². The Bertz CT molecular complexity index is 295. The topological polar surface area (TPSA) is 9.23 Å². The number of unbranched alkanes of at least 4 members (excludes halogenated alkanes) is 3. The normalized spacial score (nSPS) is 20.6. The molecule has 0 fully saturated rings. The first kappa shape index (κ1) is 17.8. The largest absolute Gasteiger partial charge is 0.376 e. The van der Waals surface area contributed by atoms with Crippen molar-refractivity contribution in [2.24, 2.45) is 5.92 Å². The number of allylic oxidation sites excluding steroid dienone is 2. The van der Waals surface area contributed by atoms with Crippen molar-refractivity contribution in [3.63, 3.8) is 0 Å². The Balaban J connectivity index is 2.02. The van der Waals surface area contributed by atoms with E-state index in [0.29, 0.717) is 0 Å². The monoisotopic (exact) mass is 280 g/mol. The summed E-state index contributed by atoms with van der Waals surface area (Å²) in [6, 6.07) is 0. The van der Waals surface area contributed by atoms with Crippen molar-refractivity contribution in [1.29, 1.82) is 0 Å². The second-order valence-corrected chi connectivity index (χ2v) is 7.51. The Labute approximate surface area is 127 Å². The molecule has 1 nitrogen and oxygen atoms in total. The molecule has 0 aromatic carbocycles. The standard InChI is InChI=1S/C19H36O/c1-6-18-13-12-17(15-16(18)2)11-9-7-8-10-14-20-19(3,4)5/h17H,6-15H2,1-5H3. The van der Waals surface area contributed by atoms with Crippen molar-refractivity contribution < 1.29 is 4.74 Å². The second kappa shape index (κ2) is 8.87. The summed E-state index contributed by atoms with van der Waals surface area (Å²) in [4.78, 5) is 0. The highest BCUT2D eigenvalue weighted by molar-refractivity contribution is 5.15. The van der Waals surface area contributed by atoms with Gasteiger partial charge in [-0.3, -0.25) is 0 Å². The van der Waals surface area contributed by atoms with Gasteiger partial charge in [-0.1, -0.05) is 43.8 Å². The van der Waals surface area contributed by atoms with Gasteiger partial charge in [0, 0.05) is 6.61 Å². The fourth-order valence-corrected chi connectivity index (χ4v) is 3.26. The van der Waals surface area contributed by atoms with E-state index in [-0.39, 0.29) is 5.60 Å². The molecule has 0 spiro atoms. The van der Waals surface area contributed by atoms with Crippen LogP contribution in [0.5, 0.6) is 0 Å². The van der Waals surface area contributed by atoms with Crippen LogP contribution in [0.2, 0.25) is 0 Å². The van der Waals surface area contributed by atoms with E-state index < -0.39 is 0 Å². The average Bonchev–Trinajstić information content (AvgIpc) is 2.36. The molecule has 1 heteroatoms. The summed E-state index contributed by atoms with van der Waals surface area (Å²) in [5.41, 5.74) is 3.46. The van der Waals surface area contributed by atoms with Crippen LogP contribution in [0.1, 0.15) is 92.4 Å². The molecule has 0 N–H and O–H groups in total. The van der Waals surface area contributed by atoms with E-state index in [2.05, 4.69) is 34.6 Å². The number of hydrogen-bond donors (Lipinski definition) is 0. The molecule has 0 aromatic rings. The van der Waals surface area contributed by atoms with E-state index in [1.807, 2.05) is 0 Å². The lowest BCUT2D eigenvalue weighted by molar-refractivity contribution is -0.00476. The second-order valence-electron chi connectivity index (χ2n) is 7.51. The molecule has 1 aliphatic rings. The van der Waals surface area contributed by atoms with Crippen LogP contribution in [0.15, 0.2) is 11.1 Å². The smallest absolute Gasteiger partial charge is 0.0598 e. The van der Waals surface area contributed by atoms with Gasteiger partial charge in [-0.2, -0.15) is 0 Å². The molecule has 0 radical (unpaired) electrons. The summed E-state index contributed by atoms with van der Waals surface area (Å²) in [5.74, 6) is 0.969. The predicted octanol–water partition coefficient (Wildman–Crippen LogP) is 6.28. The maximum Gasteiger partial charge on any atom is 0.0598 e. The van der Waals surface area contributed by atoms with Gasteiger partial charge < -0.3 is 4.74 Å². The van der Waals surface area contributed by atoms with Crippen molar-refractivity contribution >= 4 is 0 Å². The summed E-state index contributed by atoms with van der Waals surface area (Å²) in [6.45, 7) is 12.0. The Kier molecular flexibility index (Phi) is 7.87. The maximum atomic E-state index is 5.76. The molecule has 0 aliphatic heterocycles. The van der Waals surface area contributed by atoms with E-state index >= 15 is 0 Å². The molecule has 0 saturated carbocycles. The van der Waals surface area contributed by atoms with Gasteiger partial charge >= 0.3 is 0 Å². The molecular weight excluding hydrogens is 244 g/mol. The molecule has 0 aromatic heterocycles. The van der Waals surface area contributed by atoms with Crippen molar-refractivity contribution in [3.05, 3.63) is 11.1 Å². The molecule has 0 saturated heterocycles. The van der Waals surface area contributed by atoms with Crippen molar-refractivity contribution in [2.45, 2.75) is 98.0 Å². The summed E-state index contributed by atoms with van der Waals surface area (Å²) < 4.78 is 5.76. The third-order valence-electron chi connectivity index (χ3n) is 4.52. The third-order valence-corrected chi connectivity index (χ3v) is 4.52. The van der Waals surface area contributed by atoms with Crippen LogP contribution in [0.25, 0.3) is 0 Å². The summed E-state index contributed by atoms with van der Waals surface area (Å²) in [5, 5.41) is 0. The first-order valence-corrected chi connectivity index (χ1v) is 8.74. The van der Waals surface area contributed by atoms with Gasteiger partial charge in [0.2, 0.25) is 0 Å². The van der Waals surface area contributed by atoms with Crippen molar-refractivity contribution in [1.82, 2.24) is 0 Å². The predicted molar refractivity (Wildman–Crippen MR) is 89.1 cm³/mol. The molecule has 20 heavy (non-hydrogen) atoms. The first-order valence-electron chi connectivity index (χ1n) is 8.74. The Hall–Kier alpha value is -0.300. The third kappa shape index (κ3) is 7.47. The minimum atomic E-state index is 0.0307. The van der Waals surface area contributed by atoms with Gasteiger partial charge in [-0.15, -0.1) is 0 Å². The molecule has 118 valence electrons. The molecule has 0 amide bonds. The van der Waals surface area contributed by atoms with Gasteiger partial charge in [0.15, 0.2) is 0 Å². The van der Waals surface area contributed by atoms with Crippen LogP contribution in [0.4, 0.5) is 0 Å². The lowest BCUT2D eigenvalue weighted by atomic mass is 9.81. The highest BCUT2D eigenvalue weighted by Crippen LogP contribution is 2.33. The lowest BCUT2D eigenvalue weighted by Crippen LogP contribution is -2.19. The van der Waals surface area contributed by atoms with E-state index in [1.54, 1.807) is 11.1 Å². The van der Waals surface area contributed by atoms with Crippen LogP contribution in [0, 0.1) is 5.92 Å². The number of hydrogen-bond acceptors (Lipinski definition) is 1. The summed E-state index contributed by atoms with van der Waals surface area (Å²) >= 11 is 0. The minimum absolute atomic E-state index is 0.0307. The van der Waals surface area contributed by atoms with Crippen molar-refractivity contribution in [3.8, 4) is 0 Å². The molecule has 1 atom stereocenters. The zero-order chi connectivity index (χ0) is 15.0. The molecule has 0 bridgehead atoms. The quantitative estimate of drug-likeness (QED) is 0.375. The Morgan fingerprint density at radius 1 is 1.10 bits per heavy atom. The van der Waals surface area contributed by atoms with Crippen molar-refractivity contribution in [2.75, 3.05) is 6.61 Å². The van der Waals surface area contributed by atoms with Gasteiger partial charge in [0.05, 0.1) is 5.60 Å². The fourth-order valence-electron chi connectivity index (χ4n) is 3.26. The highest BCUT2D eigenvalue weighted by atomic mass is 16.5. The maximum absolute atomic E-state index is 5.76. The van der Waals surface area contributed by atoms with Crippen LogP contribution in [-0.4, -0.2) is 12.2 Å². The van der Waals surface area contributed by atoms with Crippen LogP contribution < -0.4 is 0 Å². The Morgan fingerprint density at radius 2 is 1.80 bits per heavy atom. The molecule has 1 unspecified atom stereocenters. The van der Waals surface area contributed by atoms with E-state index in [0.717, 1.165) is 12.5 Å². The lowest BCUT2D eigenvalue weighted by Gasteiger charge is -2.25. The van der Waals surface area contributed by atoms with Gasteiger partial charge in [0.25, 0.3) is 0 Å². The number of rotatable bonds is 8. The summed E-state index contributed by atoms with van der Waals surface area (Å²) in [7, 11) is 0. The zero-order valence-corrected chi connectivity index (χ0v) is 14.6. The van der Waals surface area contributed by atoms with Gasteiger partial charge in [0.1, 0.15) is 0 Å². The molecule has 1 aliphatic carbocycles. The molecule has 1 rings (SSSR count). The first-order chi connectivity index (χ1) is 9.42. The van der Waals surface area contributed by atoms with E-state index in [1.165, 1.54) is 57.8 Å². The highest BCUT2D eigenvalue weighted by Gasteiger charge is 2.17.